The summed E-state index contributed by atoms with van der Waals surface area (Å²) in [6, 6.07) is 0. The molecule has 0 aromatic carbocycles. The average Bonchev–Trinajstić information content (AvgIpc) is 2.60. The van der Waals surface area contributed by atoms with E-state index in [0.717, 1.165) is 37.3 Å². The predicted molar refractivity (Wildman–Crippen MR) is 73.7 cm³/mol. The lowest BCUT2D eigenvalue weighted by Gasteiger charge is -2.23. The second-order valence-corrected chi connectivity index (χ2v) is 4.61. The van der Waals surface area contributed by atoms with E-state index >= 15 is 0 Å². The number of hydrogen-bond acceptors (Lipinski definition) is 6. The minimum absolute atomic E-state index is 0.112. The Bertz CT molecular complexity index is 464. The zero-order valence-corrected chi connectivity index (χ0v) is 11.4. The average molecular weight is 264 g/mol. The summed E-state index contributed by atoms with van der Waals surface area (Å²) < 4.78 is 0. The molecular formula is C12H20N6O. The number of amides is 1. The van der Waals surface area contributed by atoms with E-state index in [4.69, 9.17) is 5.84 Å². The normalized spacial score (nSPS) is 16.5. The molecule has 1 aliphatic rings. The highest BCUT2D eigenvalue weighted by atomic mass is 16.2. The van der Waals surface area contributed by atoms with Crippen LogP contribution in [0, 0.1) is 0 Å². The molecule has 1 fully saturated rings. The van der Waals surface area contributed by atoms with Gasteiger partial charge in [0.15, 0.2) is 0 Å². The number of nitrogens with zero attached hydrogens (tertiary/aromatic N) is 4. The second kappa shape index (κ2) is 5.83. The molecule has 3 N–H and O–H groups in total. The Hall–Kier alpha value is -1.89. The van der Waals surface area contributed by atoms with Crippen LogP contribution in [0.4, 0.5) is 11.6 Å². The maximum atomic E-state index is 12.0. The van der Waals surface area contributed by atoms with Gasteiger partial charge in [-0.1, -0.05) is 6.92 Å². The molecule has 0 bridgehead atoms. The van der Waals surface area contributed by atoms with Gasteiger partial charge < -0.3 is 15.2 Å². The lowest BCUT2D eigenvalue weighted by atomic mass is 10.2. The van der Waals surface area contributed by atoms with Crippen molar-refractivity contribution in [3.8, 4) is 0 Å². The van der Waals surface area contributed by atoms with Crippen molar-refractivity contribution in [2.75, 3.05) is 37.0 Å². The zero-order chi connectivity index (χ0) is 13.8. The van der Waals surface area contributed by atoms with Gasteiger partial charge in [-0.3, -0.25) is 4.79 Å². The van der Waals surface area contributed by atoms with Crippen LogP contribution < -0.4 is 16.2 Å². The van der Waals surface area contributed by atoms with Crippen molar-refractivity contribution < 1.29 is 4.79 Å². The van der Waals surface area contributed by atoms with Crippen LogP contribution in [0.2, 0.25) is 0 Å². The molecule has 0 unspecified atom stereocenters. The van der Waals surface area contributed by atoms with Crippen LogP contribution in [-0.4, -0.2) is 47.5 Å². The Balaban J connectivity index is 2.32. The molecule has 0 radical (unpaired) electrons. The monoisotopic (exact) mass is 264 g/mol. The van der Waals surface area contributed by atoms with Gasteiger partial charge >= 0.3 is 0 Å². The van der Waals surface area contributed by atoms with Gasteiger partial charge in [0, 0.05) is 25.7 Å². The molecule has 2 rings (SSSR count). The fraction of sp³-hybridized carbons (Fsp3) is 0.583. The fourth-order valence-electron chi connectivity index (χ4n) is 2.29. The first-order valence-electron chi connectivity index (χ1n) is 6.46. The SMILES string of the molecule is CCc1c(NN)ncnc1N1CCCN(C)C(=O)C1. The summed E-state index contributed by atoms with van der Waals surface area (Å²) >= 11 is 0. The molecule has 1 amide bonds. The molecule has 1 aromatic heterocycles. The van der Waals surface area contributed by atoms with Crippen molar-refractivity contribution in [1.29, 1.82) is 0 Å². The van der Waals surface area contributed by atoms with Crippen molar-refractivity contribution >= 4 is 17.5 Å². The van der Waals surface area contributed by atoms with Crippen molar-refractivity contribution in [1.82, 2.24) is 14.9 Å². The standard InChI is InChI=1S/C12H20N6O/c1-3-9-11(16-13)14-8-15-12(9)18-6-4-5-17(2)10(19)7-18/h8H,3-7,13H2,1-2H3,(H,14,15,16). The lowest BCUT2D eigenvalue weighted by molar-refractivity contribution is -0.127. The van der Waals surface area contributed by atoms with Crippen molar-refractivity contribution in [2.24, 2.45) is 5.84 Å². The number of aromatic nitrogens is 2. The number of carbonyl (C=O) groups is 1. The summed E-state index contributed by atoms with van der Waals surface area (Å²) in [4.78, 5) is 24.2. The number of hydrazine groups is 1. The summed E-state index contributed by atoms with van der Waals surface area (Å²) in [7, 11) is 1.83. The summed E-state index contributed by atoms with van der Waals surface area (Å²) in [5.74, 6) is 7.01. The van der Waals surface area contributed by atoms with Crippen LogP contribution in [-0.2, 0) is 11.2 Å². The number of nitrogens with two attached hydrogens (primary N) is 1. The Kier molecular flexibility index (Phi) is 4.16. The smallest absolute Gasteiger partial charge is 0.241 e. The van der Waals surface area contributed by atoms with Crippen LogP contribution in [0.25, 0.3) is 0 Å². The number of nitrogens with one attached hydrogen (secondary N) is 1. The molecule has 2 heterocycles. The van der Waals surface area contributed by atoms with Gasteiger partial charge in [-0.05, 0) is 12.8 Å². The highest BCUT2D eigenvalue weighted by Gasteiger charge is 2.22. The molecule has 1 aromatic rings. The van der Waals surface area contributed by atoms with E-state index in [0.29, 0.717) is 12.4 Å². The van der Waals surface area contributed by atoms with Crippen molar-refractivity contribution in [2.45, 2.75) is 19.8 Å². The number of rotatable bonds is 3. The van der Waals surface area contributed by atoms with E-state index in [9.17, 15) is 4.79 Å². The number of carbonyl (C=O) groups excluding carboxylic acids is 1. The molecule has 0 aliphatic carbocycles. The first-order valence-corrected chi connectivity index (χ1v) is 6.46. The van der Waals surface area contributed by atoms with Gasteiger partial charge in [0.1, 0.15) is 18.0 Å². The molecule has 7 nitrogen and oxygen atoms in total. The third-order valence-corrected chi connectivity index (χ3v) is 3.39. The summed E-state index contributed by atoms with van der Waals surface area (Å²) in [6.07, 6.45) is 3.17. The topological polar surface area (TPSA) is 87.4 Å². The van der Waals surface area contributed by atoms with Crippen LogP contribution in [0.5, 0.6) is 0 Å². The van der Waals surface area contributed by atoms with E-state index in [1.165, 1.54) is 6.33 Å². The van der Waals surface area contributed by atoms with Crippen LogP contribution in [0.3, 0.4) is 0 Å². The third-order valence-electron chi connectivity index (χ3n) is 3.39. The number of likely N-dealkylation sites (N-methyl/N-ethyl adjacent to an activating group) is 1. The van der Waals surface area contributed by atoms with E-state index in [1.54, 1.807) is 4.90 Å². The molecule has 19 heavy (non-hydrogen) atoms. The molecule has 104 valence electrons. The number of anilines is 2. The minimum Gasteiger partial charge on any atom is -0.347 e. The quantitative estimate of drug-likeness (QED) is 0.590. The highest BCUT2D eigenvalue weighted by Crippen LogP contribution is 2.24. The third kappa shape index (κ3) is 2.76. The number of hydrogen-bond donors (Lipinski definition) is 2. The van der Waals surface area contributed by atoms with Crippen molar-refractivity contribution in [3.63, 3.8) is 0 Å². The molecule has 0 atom stereocenters. The lowest BCUT2D eigenvalue weighted by Crippen LogP contribution is -2.35. The summed E-state index contributed by atoms with van der Waals surface area (Å²) in [6.45, 7) is 3.97. The molecule has 0 spiro atoms. The van der Waals surface area contributed by atoms with Gasteiger partial charge in [0.05, 0.1) is 6.54 Å². The van der Waals surface area contributed by atoms with E-state index < -0.39 is 0 Å². The van der Waals surface area contributed by atoms with E-state index in [2.05, 4.69) is 15.4 Å². The maximum Gasteiger partial charge on any atom is 0.241 e. The van der Waals surface area contributed by atoms with E-state index in [-0.39, 0.29) is 5.91 Å². The van der Waals surface area contributed by atoms with Crippen LogP contribution in [0.1, 0.15) is 18.9 Å². The van der Waals surface area contributed by atoms with Gasteiger partial charge in [-0.25, -0.2) is 15.8 Å². The Labute approximate surface area is 112 Å². The highest BCUT2D eigenvalue weighted by molar-refractivity contribution is 5.82. The zero-order valence-electron chi connectivity index (χ0n) is 11.4. The van der Waals surface area contributed by atoms with Gasteiger partial charge in [0.2, 0.25) is 5.91 Å². The molecular weight excluding hydrogens is 244 g/mol. The molecule has 1 saturated heterocycles. The maximum absolute atomic E-state index is 12.0. The molecule has 1 aliphatic heterocycles. The van der Waals surface area contributed by atoms with Crippen molar-refractivity contribution in [3.05, 3.63) is 11.9 Å². The molecule has 7 heteroatoms. The fourth-order valence-corrected chi connectivity index (χ4v) is 2.29. The van der Waals surface area contributed by atoms with E-state index in [1.807, 2.05) is 18.9 Å². The van der Waals surface area contributed by atoms with Crippen LogP contribution >= 0.6 is 0 Å². The van der Waals surface area contributed by atoms with Gasteiger partial charge in [0.25, 0.3) is 0 Å². The van der Waals surface area contributed by atoms with Gasteiger partial charge in [-0.2, -0.15) is 0 Å². The van der Waals surface area contributed by atoms with Gasteiger partial charge in [-0.15, -0.1) is 0 Å². The summed E-state index contributed by atoms with van der Waals surface area (Å²) in [5.41, 5.74) is 3.54. The largest absolute Gasteiger partial charge is 0.347 e. The van der Waals surface area contributed by atoms with Crippen LogP contribution in [0.15, 0.2) is 6.33 Å². The second-order valence-electron chi connectivity index (χ2n) is 4.61. The first-order chi connectivity index (χ1) is 9.17. The first kappa shape index (κ1) is 13.5. The Morgan fingerprint density at radius 2 is 2.21 bits per heavy atom. The molecule has 0 saturated carbocycles. The Morgan fingerprint density at radius 3 is 2.89 bits per heavy atom. The number of nitrogen functional groups attached to an aromatic ring is 1. The summed E-state index contributed by atoms with van der Waals surface area (Å²) in [5, 5.41) is 0. The predicted octanol–water partition coefficient (Wildman–Crippen LogP) is -0.00690. The Morgan fingerprint density at radius 1 is 1.42 bits per heavy atom. The minimum atomic E-state index is 0.112.